The maximum absolute atomic E-state index is 11.8. The first kappa shape index (κ1) is 7.13. The van der Waals surface area contributed by atoms with E-state index >= 15 is 0 Å². The average molecular weight is 173 g/mol. The molecular weight excluding hydrogens is 162 g/mol. The monoisotopic (exact) mass is 173 g/mol. The highest BCUT2D eigenvalue weighted by molar-refractivity contribution is 5.88. The Hall–Kier alpha value is -1.31. The van der Waals surface area contributed by atoms with E-state index in [2.05, 4.69) is 24.3 Å². The van der Waals surface area contributed by atoms with Gasteiger partial charge in [0, 0.05) is 6.20 Å². The van der Waals surface area contributed by atoms with Crippen LogP contribution in [-0.2, 0) is 4.79 Å². The zero-order valence-corrected chi connectivity index (χ0v) is 7.31. The van der Waals surface area contributed by atoms with Gasteiger partial charge in [-0.1, -0.05) is 24.3 Å². The fraction of sp³-hybridized carbons (Fsp3) is 0.364. The Morgan fingerprint density at radius 1 is 1.31 bits per heavy atom. The molecule has 0 aromatic rings. The van der Waals surface area contributed by atoms with Crippen molar-refractivity contribution in [3.63, 3.8) is 0 Å². The summed E-state index contributed by atoms with van der Waals surface area (Å²) in [5.41, 5.74) is 1.32. The lowest BCUT2D eigenvalue weighted by Crippen LogP contribution is -2.24. The number of allylic oxidation sites excluding steroid dienone is 3. The summed E-state index contributed by atoms with van der Waals surface area (Å²) < 4.78 is 0. The molecule has 2 unspecified atom stereocenters. The van der Waals surface area contributed by atoms with Crippen molar-refractivity contribution in [2.24, 2.45) is 5.92 Å². The molecule has 13 heavy (non-hydrogen) atoms. The third-order valence-corrected chi connectivity index (χ3v) is 3.10. The van der Waals surface area contributed by atoms with E-state index in [-0.39, 0.29) is 11.8 Å². The van der Waals surface area contributed by atoms with Gasteiger partial charge >= 0.3 is 0 Å². The van der Waals surface area contributed by atoms with E-state index in [0.717, 1.165) is 12.8 Å². The summed E-state index contributed by atoms with van der Waals surface area (Å²) in [5.74, 6) is 0.439. The highest BCUT2D eigenvalue weighted by Gasteiger charge is 2.43. The number of amides is 1. The summed E-state index contributed by atoms with van der Waals surface area (Å²) in [5, 5.41) is 0. The van der Waals surface area contributed by atoms with Crippen LogP contribution in [0.2, 0.25) is 0 Å². The third kappa shape index (κ3) is 0.804. The molecule has 1 saturated heterocycles. The molecule has 0 spiro atoms. The normalized spacial score (nSPS) is 34.9. The van der Waals surface area contributed by atoms with Crippen LogP contribution in [0.3, 0.4) is 0 Å². The van der Waals surface area contributed by atoms with Crippen LogP contribution in [0.15, 0.2) is 36.1 Å². The van der Waals surface area contributed by atoms with Crippen LogP contribution in [0.1, 0.15) is 12.8 Å². The Kier molecular flexibility index (Phi) is 1.29. The molecule has 2 heteroatoms. The molecule has 3 aliphatic rings. The predicted molar refractivity (Wildman–Crippen MR) is 49.7 cm³/mol. The molecule has 0 bridgehead atoms. The maximum atomic E-state index is 11.8. The maximum Gasteiger partial charge on any atom is 0.234 e. The summed E-state index contributed by atoms with van der Waals surface area (Å²) in [4.78, 5) is 13.7. The zero-order chi connectivity index (χ0) is 8.84. The molecule has 2 atom stereocenters. The van der Waals surface area contributed by atoms with Crippen LogP contribution in [0.5, 0.6) is 0 Å². The Morgan fingerprint density at radius 2 is 2.23 bits per heavy atom. The fourth-order valence-electron chi connectivity index (χ4n) is 2.46. The van der Waals surface area contributed by atoms with Gasteiger partial charge in [0.15, 0.2) is 0 Å². The topological polar surface area (TPSA) is 20.3 Å². The molecule has 1 aliphatic carbocycles. The van der Waals surface area contributed by atoms with Crippen LogP contribution in [0.25, 0.3) is 0 Å². The smallest absolute Gasteiger partial charge is 0.234 e. The van der Waals surface area contributed by atoms with Gasteiger partial charge in [-0.25, -0.2) is 0 Å². The first-order chi connectivity index (χ1) is 6.38. The standard InChI is InChI=1S/C11H11NO/c13-11-9-5-2-1-4-8(9)10-6-3-7-12(10)11/h1-4,7,9-10H,5-6H2. The molecule has 2 aliphatic heterocycles. The van der Waals surface area contributed by atoms with Gasteiger partial charge in [-0.3, -0.25) is 4.79 Å². The van der Waals surface area contributed by atoms with Crippen molar-refractivity contribution in [2.75, 3.05) is 0 Å². The second-order valence-electron chi connectivity index (χ2n) is 3.76. The van der Waals surface area contributed by atoms with Crippen molar-refractivity contribution in [1.29, 1.82) is 0 Å². The van der Waals surface area contributed by atoms with Crippen molar-refractivity contribution in [3.05, 3.63) is 36.1 Å². The van der Waals surface area contributed by atoms with Gasteiger partial charge in [0.2, 0.25) is 5.91 Å². The summed E-state index contributed by atoms with van der Waals surface area (Å²) in [6.07, 6.45) is 12.2. The van der Waals surface area contributed by atoms with Gasteiger partial charge in [0.1, 0.15) is 0 Å². The van der Waals surface area contributed by atoms with Gasteiger partial charge in [0.25, 0.3) is 0 Å². The van der Waals surface area contributed by atoms with Crippen LogP contribution in [0.4, 0.5) is 0 Å². The minimum atomic E-state index is 0.153. The Bertz CT molecular complexity index is 351. The second-order valence-corrected chi connectivity index (χ2v) is 3.76. The lowest BCUT2D eigenvalue weighted by atomic mass is 9.90. The van der Waals surface area contributed by atoms with E-state index in [0.29, 0.717) is 6.04 Å². The first-order valence-corrected chi connectivity index (χ1v) is 4.73. The van der Waals surface area contributed by atoms with Crippen molar-refractivity contribution in [2.45, 2.75) is 18.9 Å². The lowest BCUT2D eigenvalue weighted by Gasteiger charge is -2.14. The van der Waals surface area contributed by atoms with E-state index in [1.54, 1.807) is 0 Å². The van der Waals surface area contributed by atoms with Gasteiger partial charge in [-0.15, -0.1) is 0 Å². The van der Waals surface area contributed by atoms with Gasteiger partial charge < -0.3 is 4.90 Å². The largest absolute Gasteiger partial charge is 0.311 e. The molecule has 2 nitrogen and oxygen atoms in total. The lowest BCUT2D eigenvalue weighted by molar-refractivity contribution is -0.129. The molecular formula is C11H11NO. The molecule has 0 saturated carbocycles. The number of hydrogen-bond donors (Lipinski definition) is 0. The molecule has 1 amide bonds. The first-order valence-electron chi connectivity index (χ1n) is 4.73. The van der Waals surface area contributed by atoms with Crippen molar-refractivity contribution in [1.82, 2.24) is 4.90 Å². The number of hydrogen-bond acceptors (Lipinski definition) is 1. The Balaban J connectivity index is 2.06. The van der Waals surface area contributed by atoms with Crippen LogP contribution in [0, 0.1) is 5.92 Å². The van der Waals surface area contributed by atoms with Crippen LogP contribution < -0.4 is 0 Å². The molecule has 2 heterocycles. The number of carbonyl (C=O) groups excluding carboxylic acids is 1. The second kappa shape index (κ2) is 2.34. The van der Waals surface area contributed by atoms with Gasteiger partial charge in [-0.2, -0.15) is 0 Å². The highest BCUT2D eigenvalue weighted by atomic mass is 16.2. The van der Waals surface area contributed by atoms with E-state index < -0.39 is 0 Å². The molecule has 1 fully saturated rings. The molecule has 0 N–H and O–H groups in total. The number of fused-ring (bicyclic) bond motifs is 3. The summed E-state index contributed by atoms with van der Waals surface area (Å²) in [6.45, 7) is 0. The van der Waals surface area contributed by atoms with Crippen LogP contribution >= 0.6 is 0 Å². The molecule has 3 rings (SSSR count). The van der Waals surface area contributed by atoms with E-state index in [1.807, 2.05) is 11.1 Å². The Labute approximate surface area is 77.2 Å². The summed E-state index contributed by atoms with van der Waals surface area (Å²) in [7, 11) is 0. The molecule has 0 aromatic carbocycles. The molecule has 0 radical (unpaired) electrons. The van der Waals surface area contributed by atoms with E-state index in [4.69, 9.17) is 0 Å². The molecule has 66 valence electrons. The average Bonchev–Trinajstić information content (AvgIpc) is 2.72. The van der Waals surface area contributed by atoms with Crippen molar-refractivity contribution >= 4 is 5.91 Å². The summed E-state index contributed by atoms with van der Waals surface area (Å²) >= 11 is 0. The van der Waals surface area contributed by atoms with E-state index in [1.165, 1.54) is 5.57 Å². The number of nitrogens with zero attached hydrogens (tertiary/aromatic N) is 1. The molecule has 0 aromatic heterocycles. The van der Waals surface area contributed by atoms with Gasteiger partial charge in [0.05, 0.1) is 12.0 Å². The quantitative estimate of drug-likeness (QED) is 0.545. The van der Waals surface area contributed by atoms with Crippen molar-refractivity contribution in [3.8, 4) is 0 Å². The number of rotatable bonds is 0. The zero-order valence-electron chi connectivity index (χ0n) is 7.31. The minimum Gasteiger partial charge on any atom is -0.311 e. The van der Waals surface area contributed by atoms with Crippen molar-refractivity contribution < 1.29 is 4.79 Å². The highest BCUT2D eigenvalue weighted by Crippen LogP contribution is 2.39. The number of carbonyl (C=O) groups is 1. The minimum absolute atomic E-state index is 0.153. The summed E-state index contributed by atoms with van der Waals surface area (Å²) in [6, 6.07) is 0.349. The predicted octanol–water partition coefficient (Wildman–Crippen LogP) is 1.62. The third-order valence-electron chi connectivity index (χ3n) is 3.10. The van der Waals surface area contributed by atoms with E-state index in [9.17, 15) is 4.79 Å². The SMILES string of the molecule is O=C1C2CC=CC=C2C2CC=CN12. The van der Waals surface area contributed by atoms with Gasteiger partial charge in [-0.05, 0) is 18.4 Å². The van der Waals surface area contributed by atoms with Crippen LogP contribution in [-0.4, -0.2) is 16.8 Å². The fourth-order valence-corrected chi connectivity index (χ4v) is 2.46. The Morgan fingerprint density at radius 3 is 3.15 bits per heavy atom.